The van der Waals surface area contributed by atoms with Gasteiger partial charge in [-0.05, 0) is 26.2 Å². The number of nitrogens with zero attached hydrogens (tertiary/aromatic N) is 1. The molecule has 0 aliphatic carbocycles. The molecule has 3 N–H and O–H groups in total. The molecule has 1 rings (SSSR count). The number of hydrogen-bond acceptors (Lipinski definition) is 4. The molecule has 4 heteroatoms. The second-order valence-electron chi connectivity index (χ2n) is 4.07. The molecule has 4 nitrogen and oxygen atoms in total. The van der Waals surface area contributed by atoms with Gasteiger partial charge in [-0.1, -0.05) is 6.92 Å². The van der Waals surface area contributed by atoms with Gasteiger partial charge in [0.1, 0.15) is 0 Å². The van der Waals surface area contributed by atoms with Gasteiger partial charge < -0.3 is 15.7 Å². The van der Waals surface area contributed by atoms with Gasteiger partial charge in [-0.2, -0.15) is 0 Å². The van der Waals surface area contributed by atoms with Gasteiger partial charge in [0.25, 0.3) is 0 Å². The topological polar surface area (TPSA) is 56.6 Å². The van der Waals surface area contributed by atoms with Crippen molar-refractivity contribution in [3.8, 4) is 0 Å². The number of rotatable bonds is 3. The SMILES string of the molecule is CCC(C)(O)CNC1=NCCCCN1. The molecule has 1 heterocycles. The Morgan fingerprint density at radius 3 is 3.07 bits per heavy atom. The summed E-state index contributed by atoms with van der Waals surface area (Å²) < 4.78 is 0. The number of aliphatic hydroxyl groups is 1. The summed E-state index contributed by atoms with van der Waals surface area (Å²) in [6, 6.07) is 0. The summed E-state index contributed by atoms with van der Waals surface area (Å²) in [7, 11) is 0. The van der Waals surface area contributed by atoms with E-state index in [-0.39, 0.29) is 0 Å². The van der Waals surface area contributed by atoms with Crippen LogP contribution in [-0.2, 0) is 0 Å². The average Bonchev–Trinajstić information content (AvgIpc) is 2.43. The highest BCUT2D eigenvalue weighted by molar-refractivity contribution is 5.79. The van der Waals surface area contributed by atoms with Crippen molar-refractivity contribution in [1.29, 1.82) is 0 Å². The molecule has 1 aliphatic heterocycles. The van der Waals surface area contributed by atoms with Crippen LogP contribution in [0.25, 0.3) is 0 Å². The van der Waals surface area contributed by atoms with Crippen molar-refractivity contribution in [2.24, 2.45) is 4.99 Å². The summed E-state index contributed by atoms with van der Waals surface area (Å²) in [5, 5.41) is 16.1. The highest BCUT2D eigenvalue weighted by Gasteiger charge is 2.17. The Labute approximate surface area is 85.8 Å². The van der Waals surface area contributed by atoms with Crippen molar-refractivity contribution in [2.45, 2.75) is 38.7 Å². The Morgan fingerprint density at radius 1 is 1.57 bits per heavy atom. The van der Waals surface area contributed by atoms with E-state index < -0.39 is 5.60 Å². The minimum absolute atomic E-state index is 0.551. The molecular weight excluding hydrogens is 178 g/mol. The van der Waals surface area contributed by atoms with Gasteiger partial charge in [-0.15, -0.1) is 0 Å². The van der Waals surface area contributed by atoms with Gasteiger partial charge >= 0.3 is 0 Å². The van der Waals surface area contributed by atoms with E-state index in [0.29, 0.717) is 6.54 Å². The zero-order valence-electron chi connectivity index (χ0n) is 9.14. The lowest BCUT2D eigenvalue weighted by atomic mass is 10.0. The lowest BCUT2D eigenvalue weighted by molar-refractivity contribution is 0.0604. The third kappa shape index (κ3) is 3.96. The van der Waals surface area contributed by atoms with Gasteiger partial charge in [-0.3, -0.25) is 4.99 Å². The predicted molar refractivity (Wildman–Crippen MR) is 58.5 cm³/mol. The highest BCUT2D eigenvalue weighted by atomic mass is 16.3. The van der Waals surface area contributed by atoms with Gasteiger partial charge in [-0.25, -0.2) is 0 Å². The van der Waals surface area contributed by atoms with E-state index in [1.54, 1.807) is 0 Å². The van der Waals surface area contributed by atoms with Gasteiger partial charge in [0.05, 0.1) is 5.60 Å². The van der Waals surface area contributed by atoms with Gasteiger partial charge in [0.2, 0.25) is 0 Å². The molecule has 0 radical (unpaired) electrons. The Bertz CT molecular complexity index is 202. The second kappa shape index (κ2) is 5.20. The summed E-state index contributed by atoms with van der Waals surface area (Å²) in [6.07, 6.45) is 3.05. The molecule has 0 aromatic heterocycles. The Morgan fingerprint density at radius 2 is 2.36 bits per heavy atom. The van der Waals surface area contributed by atoms with Gasteiger partial charge in [0.15, 0.2) is 5.96 Å². The normalized spacial score (nSPS) is 21.5. The van der Waals surface area contributed by atoms with Crippen LogP contribution >= 0.6 is 0 Å². The van der Waals surface area contributed by atoms with E-state index in [0.717, 1.165) is 31.9 Å². The van der Waals surface area contributed by atoms with Crippen molar-refractivity contribution < 1.29 is 5.11 Å². The van der Waals surface area contributed by atoms with Crippen LogP contribution in [-0.4, -0.2) is 36.3 Å². The van der Waals surface area contributed by atoms with Crippen molar-refractivity contribution in [3.63, 3.8) is 0 Å². The van der Waals surface area contributed by atoms with E-state index in [4.69, 9.17) is 0 Å². The quantitative estimate of drug-likeness (QED) is 0.619. The maximum Gasteiger partial charge on any atom is 0.191 e. The van der Waals surface area contributed by atoms with Crippen LogP contribution in [0.3, 0.4) is 0 Å². The first-order valence-corrected chi connectivity index (χ1v) is 5.38. The fourth-order valence-electron chi connectivity index (χ4n) is 1.21. The Kier molecular flexibility index (Phi) is 4.20. The highest BCUT2D eigenvalue weighted by Crippen LogP contribution is 2.05. The number of nitrogens with one attached hydrogen (secondary N) is 2. The fraction of sp³-hybridized carbons (Fsp3) is 0.900. The molecule has 1 unspecified atom stereocenters. The third-order valence-corrected chi connectivity index (χ3v) is 2.55. The monoisotopic (exact) mass is 199 g/mol. The molecule has 0 spiro atoms. The fourth-order valence-corrected chi connectivity index (χ4v) is 1.21. The van der Waals surface area contributed by atoms with Crippen molar-refractivity contribution in [2.75, 3.05) is 19.6 Å². The first kappa shape index (κ1) is 11.3. The van der Waals surface area contributed by atoms with E-state index >= 15 is 0 Å². The molecule has 0 saturated carbocycles. The van der Waals surface area contributed by atoms with Crippen LogP contribution in [0.5, 0.6) is 0 Å². The molecule has 1 aliphatic rings. The molecular formula is C10H21N3O. The molecule has 82 valence electrons. The zero-order chi connectivity index (χ0) is 10.4. The Hall–Kier alpha value is -0.770. The minimum Gasteiger partial charge on any atom is -0.388 e. The lowest BCUT2D eigenvalue weighted by Crippen LogP contribution is -2.45. The van der Waals surface area contributed by atoms with Crippen LogP contribution in [0.2, 0.25) is 0 Å². The Balaban J connectivity index is 2.32. The molecule has 14 heavy (non-hydrogen) atoms. The maximum atomic E-state index is 9.78. The first-order chi connectivity index (χ1) is 6.64. The number of guanidine groups is 1. The minimum atomic E-state index is -0.642. The zero-order valence-corrected chi connectivity index (χ0v) is 9.14. The smallest absolute Gasteiger partial charge is 0.191 e. The number of hydrogen-bond donors (Lipinski definition) is 3. The molecule has 0 fully saturated rings. The van der Waals surface area contributed by atoms with Crippen molar-refractivity contribution in [1.82, 2.24) is 10.6 Å². The molecule has 0 bridgehead atoms. The summed E-state index contributed by atoms with van der Waals surface area (Å²) in [5.41, 5.74) is -0.642. The second-order valence-corrected chi connectivity index (χ2v) is 4.07. The van der Waals surface area contributed by atoms with E-state index in [1.807, 2.05) is 13.8 Å². The number of aliphatic imine (C=N–C) groups is 1. The summed E-state index contributed by atoms with van der Waals surface area (Å²) in [6.45, 7) is 6.21. The van der Waals surface area contributed by atoms with Gasteiger partial charge in [0, 0.05) is 19.6 Å². The average molecular weight is 199 g/mol. The third-order valence-electron chi connectivity index (χ3n) is 2.55. The van der Waals surface area contributed by atoms with Crippen molar-refractivity contribution in [3.05, 3.63) is 0 Å². The summed E-state index contributed by atoms with van der Waals surface area (Å²) in [5.74, 6) is 0.830. The largest absolute Gasteiger partial charge is 0.388 e. The van der Waals surface area contributed by atoms with Crippen LogP contribution in [0.4, 0.5) is 0 Å². The lowest BCUT2D eigenvalue weighted by Gasteiger charge is -2.22. The van der Waals surface area contributed by atoms with E-state index in [1.165, 1.54) is 6.42 Å². The molecule has 0 aromatic rings. The van der Waals surface area contributed by atoms with E-state index in [2.05, 4.69) is 15.6 Å². The van der Waals surface area contributed by atoms with Crippen LogP contribution in [0.15, 0.2) is 4.99 Å². The maximum absolute atomic E-state index is 9.78. The van der Waals surface area contributed by atoms with Crippen LogP contribution in [0, 0.1) is 0 Å². The first-order valence-electron chi connectivity index (χ1n) is 5.38. The predicted octanol–water partition coefficient (Wildman–Crippen LogP) is 0.476. The molecule has 0 saturated heterocycles. The summed E-state index contributed by atoms with van der Waals surface area (Å²) in [4.78, 5) is 4.34. The van der Waals surface area contributed by atoms with Crippen LogP contribution in [0.1, 0.15) is 33.1 Å². The van der Waals surface area contributed by atoms with Crippen LogP contribution < -0.4 is 10.6 Å². The molecule has 0 aromatic carbocycles. The standard InChI is InChI=1S/C10H21N3O/c1-3-10(2,14)8-13-9-11-6-4-5-7-12-9/h14H,3-8H2,1-2H3,(H2,11,12,13). The molecule has 1 atom stereocenters. The van der Waals surface area contributed by atoms with E-state index in [9.17, 15) is 5.11 Å². The van der Waals surface area contributed by atoms with Crippen molar-refractivity contribution >= 4 is 5.96 Å². The molecule has 0 amide bonds. The summed E-state index contributed by atoms with van der Waals surface area (Å²) >= 11 is 0.